The first-order valence-electron chi connectivity index (χ1n) is 10.1. The predicted molar refractivity (Wildman–Crippen MR) is 109 cm³/mol. The molecule has 1 unspecified atom stereocenters. The van der Waals surface area contributed by atoms with Crippen LogP contribution in [0.15, 0.2) is 24.3 Å². The van der Waals surface area contributed by atoms with Crippen LogP contribution in [-0.2, 0) is 20.9 Å². The second kappa shape index (κ2) is 8.71. The molecule has 0 aliphatic carbocycles. The highest BCUT2D eigenvalue weighted by Crippen LogP contribution is 2.21. The summed E-state index contributed by atoms with van der Waals surface area (Å²) in [7, 11) is 0. The molecule has 1 aromatic carbocycles. The fraction of sp³-hybridized carbons (Fsp3) is 0.571. The van der Waals surface area contributed by atoms with Gasteiger partial charge >= 0.3 is 6.09 Å². The number of amides is 3. The Kier molecular flexibility index (Phi) is 6.30. The fourth-order valence-electron chi connectivity index (χ4n) is 3.57. The first-order chi connectivity index (χ1) is 13.7. The van der Waals surface area contributed by atoms with Crippen molar-refractivity contribution >= 4 is 23.6 Å². The first-order valence-corrected chi connectivity index (χ1v) is 10.1. The van der Waals surface area contributed by atoms with E-state index in [1.807, 2.05) is 49.9 Å². The van der Waals surface area contributed by atoms with E-state index in [4.69, 9.17) is 4.74 Å². The number of piperazine rings is 1. The third-order valence-corrected chi connectivity index (χ3v) is 4.99. The molecular formula is C21H30N4O4. The maximum Gasteiger partial charge on any atom is 0.410 e. The first kappa shape index (κ1) is 21.0. The number of nitrogens with one attached hydrogen (secondary N) is 2. The van der Waals surface area contributed by atoms with Gasteiger partial charge < -0.3 is 20.3 Å². The largest absolute Gasteiger partial charge is 0.444 e. The van der Waals surface area contributed by atoms with E-state index in [2.05, 4.69) is 10.6 Å². The number of rotatable bonds is 4. The minimum absolute atomic E-state index is 0.0266. The van der Waals surface area contributed by atoms with Crippen LogP contribution in [0.25, 0.3) is 0 Å². The van der Waals surface area contributed by atoms with Gasteiger partial charge in [-0.25, -0.2) is 4.79 Å². The summed E-state index contributed by atoms with van der Waals surface area (Å²) in [6, 6.07) is 7.33. The van der Waals surface area contributed by atoms with Gasteiger partial charge in [0.2, 0.25) is 11.8 Å². The average Bonchev–Trinajstić information content (AvgIpc) is 3.15. The molecule has 2 heterocycles. The van der Waals surface area contributed by atoms with Gasteiger partial charge in [-0.05, 0) is 51.3 Å². The molecular weight excluding hydrogens is 372 g/mol. The molecule has 1 aromatic rings. The van der Waals surface area contributed by atoms with Crippen molar-refractivity contribution in [1.82, 2.24) is 15.5 Å². The number of anilines is 1. The van der Waals surface area contributed by atoms with Gasteiger partial charge in [0.05, 0.1) is 6.54 Å². The highest BCUT2D eigenvalue weighted by molar-refractivity contribution is 5.86. The lowest BCUT2D eigenvalue weighted by molar-refractivity contribution is -0.125. The summed E-state index contributed by atoms with van der Waals surface area (Å²) < 4.78 is 5.42. The Morgan fingerprint density at radius 1 is 1.21 bits per heavy atom. The zero-order valence-corrected chi connectivity index (χ0v) is 17.4. The summed E-state index contributed by atoms with van der Waals surface area (Å²) in [5.41, 5.74) is 1.37. The standard InChI is InChI=1S/C21H30N4O4/c1-21(2,3)29-20(28)25-11-4-5-17(25)19(27)23-13-15-6-8-16(9-7-15)24-12-10-22-18(26)14-24/h6-9,17H,4-5,10-14H2,1-3H3,(H,22,26)(H,23,27). The highest BCUT2D eigenvalue weighted by atomic mass is 16.6. The molecule has 0 radical (unpaired) electrons. The lowest BCUT2D eigenvalue weighted by Gasteiger charge is -2.29. The van der Waals surface area contributed by atoms with Crippen molar-refractivity contribution in [2.45, 2.75) is 51.8 Å². The van der Waals surface area contributed by atoms with Crippen LogP contribution in [0.4, 0.5) is 10.5 Å². The van der Waals surface area contributed by atoms with Crippen LogP contribution >= 0.6 is 0 Å². The van der Waals surface area contributed by atoms with Crippen LogP contribution in [0, 0.1) is 0 Å². The quantitative estimate of drug-likeness (QED) is 0.799. The van der Waals surface area contributed by atoms with Crippen LogP contribution in [0.5, 0.6) is 0 Å². The van der Waals surface area contributed by atoms with Gasteiger partial charge in [-0.15, -0.1) is 0 Å². The van der Waals surface area contributed by atoms with Crippen LogP contribution < -0.4 is 15.5 Å². The molecule has 1 atom stereocenters. The Balaban J connectivity index is 1.53. The Morgan fingerprint density at radius 3 is 2.59 bits per heavy atom. The minimum Gasteiger partial charge on any atom is -0.444 e. The lowest BCUT2D eigenvalue weighted by atomic mass is 10.1. The van der Waals surface area contributed by atoms with Crippen molar-refractivity contribution in [3.63, 3.8) is 0 Å². The van der Waals surface area contributed by atoms with E-state index in [0.717, 1.165) is 24.2 Å². The molecule has 0 aromatic heterocycles. The monoisotopic (exact) mass is 402 g/mol. The molecule has 8 heteroatoms. The van der Waals surface area contributed by atoms with E-state index in [-0.39, 0.29) is 11.8 Å². The zero-order chi connectivity index (χ0) is 21.0. The molecule has 2 N–H and O–H groups in total. The van der Waals surface area contributed by atoms with Crippen LogP contribution in [0.3, 0.4) is 0 Å². The summed E-state index contributed by atoms with van der Waals surface area (Å²) in [6.45, 7) is 8.15. The normalized spacial score (nSPS) is 19.7. The number of nitrogens with zero attached hydrogens (tertiary/aromatic N) is 2. The molecule has 29 heavy (non-hydrogen) atoms. The lowest BCUT2D eigenvalue weighted by Crippen LogP contribution is -2.47. The van der Waals surface area contributed by atoms with E-state index in [9.17, 15) is 14.4 Å². The SMILES string of the molecule is CC(C)(C)OC(=O)N1CCCC1C(=O)NCc1ccc(N2CCNC(=O)C2)cc1. The molecule has 0 bridgehead atoms. The van der Waals surface area contributed by atoms with Crippen molar-refractivity contribution in [2.75, 3.05) is 31.1 Å². The van der Waals surface area contributed by atoms with Gasteiger partial charge in [0.25, 0.3) is 0 Å². The summed E-state index contributed by atoms with van der Waals surface area (Å²) in [5.74, 6) is -0.135. The van der Waals surface area contributed by atoms with Gasteiger partial charge in [-0.1, -0.05) is 12.1 Å². The number of hydrogen-bond acceptors (Lipinski definition) is 5. The smallest absolute Gasteiger partial charge is 0.410 e. The molecule has 3 rings (SSSR count). The molecule has 2 aliphatic rings. The van der Waals surface area contributed by atoms with Gasteiger partial charge in [-0.2, -0.15) is 0 Å². The van der Waals surface area contributed by atoms with Crippen LogP contribution in [0.1, 0.15) is 39.2 Å². The Bertz CT molecular complexity index is 757. The second-order valence-electron chi connectivity index (χ2n) is 8.49. The van der Waals surface area contributed by atoms with Crippen molar-refractivity contribution in [3.05, 3.63) is 29.8 Å². The highest BCUT2D eigenvalue weighted by Gasteiger charge is 2.36. The van der Waals surface area contributed by atoms with E-state index >= 15 is 0 Å². The molecule has 2 fully saturated rings. The Labute approximate surface area is 171 Å². The number of carbonyl (C=O) groups excluding carboxylic acids is 3. The number of carbonyl (C=O) groups is 3. The fourth-order valence-corrected chi connectivity index (χ4v) is 3.57. The van der Waals surface area contributed by atoms with Crippen LogP contribution in [0.2, 0.25) is 0 Å². The van der Waals surface area contributed by atoms with E-state index in [0.29, 0.717) is 32.6 Å². The minimum atomic E-state index is -0.586. The zero-order valence-electron chi connectivity index (χ0n) is 17.4. The molecule has 2 saturated heterocycles. The van der Waals surface area contributed by atoms with Crippen molar-refractivity contribution in [2.24, 2.45) is 0 Å². The summed E-state index contributed by atoms with van der Waals surface area (Å²) >= 11 is 0. The van der Waals surface area contributed by atoms with Crippen molar-refractivity contribution in [1.29, 1.82) is 0 Å². The number of hydrogen-bond donors (Lipinski definition) is 2. The molecule has 3 amide bonds. The van der Waals surface area contributed by atoms with Gasteiger partial charge in [0.15, 0.2) is 0 Å². The number of benzene rings is 1. The Morgan fingerprint density at radius 2 is 1.93 bits per heavy atom. The molecule has 158 valence electrons. The van der Waals surface area contributed by atoms with E-state index in [1.165, 1.54) is 4.90 Å². The number of ether oxygens (including phenoxy) is 1. The third-order valence-electron chi connectivity index (χ3n) is 4.99. The molecule has 8 nitrogen and oxygen atoms in total. The Hall–Kier alpha value is -2.77. The van der Waals surface area contributed by atoms with Gasteiger partial charge in [-0.3, -0.25) is 14.5 Å². The molecule has 2 aliphatic heterocycles. The predicted octanol–water partition coefficient (Wildman–Crippen LogP) is 1.64. The maximum atomic E-state index is 12.6. The maximum absolute atomic E-state index is 12.6. The van der Waals surface area contributed by atoms with Crippen molar-refractivity contribution in [3.8, 4) is 0 Å². The topological polar surface area (TPSA) is 91.0 Å². The van der Waals surface area contributed by atoms with Gasteiger partial charge in [0.1, 0.15) is 11.6 Å². The van der Waals surface area contributed by atoms with Crippen LogP contribution in [-0.4, -0.2) is 60.6 Å². The second-order valence-corrected chi connectivity index (χ2v) is 8.49. The van der Waals surface area contributed by atoms with E-state index in [1.54, 1.807) is 0 Å². The summed E-state index contributed by atoms with van der Waals surface area (Å²) in [5, 5.41) is 5.74. The summed E-state index contributed by atoms with van der Waals surface area (Å²) in [4.78, 5) is 40.1. The molecule has 0 spiro atoms. The van der Waals surface area contributed by atoms with Gasteiger partial charge in [0, 0.05) is 31.9 Å². The number of likely N-dealkylation sites (tertiary alicyclic amines) is 1. The average molecular weight is 402 g/mol. The van der Waals surface area contributed by atoms with E-state index < -0.39 is 17.7 Å². The third kappa shape index (κ3) is 5.62. The summed E-state index contributed by atoms with van der Waals surface area (Å²) in [6.07, 6.45) is 0.987. The molecule has 0 saturated carbocycles. The van der Waals surface area contributed by atoms with Crippen molar-refractivity contribution < 1.29 is 19.1 Å².